The minimum absolute atomic E-state index is 0.0239. The van der Waals surface area contributed by atoms with Crippen LogP contribution in [0.15, 0.2) is 39.4 Å². The Labute approximate surface area is 93.8 Å². The minimum atomic E-state index is -0.531. The standard InChI is InChI=1S/C11H6BrFO2/c12-9-3-4-15-11(9)7-1-2-10(13)8(5-7)6-14/h1-6H. The zero-order valence-corrected chi connectivity index (χ0v) is 9.12. The lowest BCUT2D eigenvalue weighted by Gasteiger charge is -2.00. The van der Waals surface area contributed by atoms with E-state index < -0.39 is 5.82 Å². The fourth-order valence-corrected chi connectivity index (χ4v) is 1.71. The Hall–Kier alpha value is -1.42. The summed E-state index contributed by atoms with van der Waals surface area (Å²) >= 11 is 3.29. The summed E-state index contributed by atoms with van der Waals surface area (Å²) in [4.78, 5) is 10.6. The van der Waals surface area contributed by atoms with Crippen molar-refractivity contribution >= 4 is 22.2 Å². The molecule has 0 aliphatic heterocycles. The van der Waals surface area contributed by atoms with Gasteiger partial charge in [0.05, 0.1) is 16.3 Å². The summed E-state index contributed by atoms with van der Waals surface area (Å²) in [5.74, 6) is 0.0505. The van der Waals surface area contributed by atoms with Gasteiger partial charge in [-0.3, -0.25) is 4.79 Å². The maximum absolute atomic E-state index is 13.0. The topological polar surface area (TPSA) is 30.2 Å². The number of halogens is 2. The van der Waals surface area contributed by atoms with Crippen LogP contribution in [0.4, 0.5) is 4.39 Å². The van der Waals surface area contributed by atoms with Crippen LogP contribution in [0.1, 0.15) is 10.4 Å². The quantitative estimate of drug-likeness (QED) is 0.779. The number of carbonyl (C=O) groups is 1. The van der Waals surface area contributed by atoms with E-state index in [4.69, 9.17) is 4.42 Å². The normalized spacial score (nSPS) is 10.3. The van der Waals surface area contributed by atoms with Gasteiger partial charge in [0, 0.05) is 5.56 Å². The van der Waals surface area contributed by atoms with Crippen LogP contribution in [0.5, 0.6) is 0 Å². The molecule has 0 saturated carbocycles. The van der Waals surface area contributed by atoms with Crippen molar-refractivity contribution in [2.45, 2.75) is 0 Å². The number of rotatable bonds is 2. The predicted octanol–water partition coefficient (Wildman–Crippen LogP) is 3.66. The molecule has 4 heteroatoms. The third-order valence-electron chi connectivity index (χ3n) is 2.00. The second-order valence-corrected chi connectivity index (χ2v) is 3.81. The van der Waals surface area contributed by atoms with Gasteiger partial charge in [-0.05, 0) is 40.2 Å². The largest absolute Gasteiger partial charge is 0.463 e. The summed E-state index contributed by atoms with van der Waals surface area (Å²) in [7, 11) is 0. The molecule has 1 heterocycles. The molecule has 2 aromatic rings. The summed E-state index contributed by atoms with van der Waals surface area (Å²) < 4.78 is 19.0. The average molecular weight is 269 g/mol. The smallest absolute Gasteiger partial charge is 0.153 e. The van der Waals surface area contributed by atoms with E-state index >= 15 is 0 Å². The van der Waals surface area contributed by atoms with E-state index in [0.29, 0.717) is 17.6 Å². The fourth-order valence-electron chi connectivity index (χ4n) is 1.28. The highest BCUT2D eigenvalue weighted by Gasteiger charge is 2.09. The summed E-state index contributed by atoms with van der Waals surface area (Å²) in [5.41, 5.74) is 0.686. The van der Waals surface area contributed by atoms with E-state index in [-0.39, 0.29) is 5.56 Å². The molecule has 2 rings (SSSR count). The van der Waals surface area contributed by atoms with Gasteiger partial charge in [0.2, 0.25) is 0 Å². The van der Waals surface area contributed by atoms with Crippen molar-refractivity contribution in [2.24, 2.45) is 0 Å². The van der Waals surface area contributed by atoms with Crippen LogP contribution in [0.3, 0.4) is 0 Å². The van der Waals surface area contributed by atoms with Crippen LogP contribution < -0.4 is 0 Å². The maximum Gasteiger partial charge on any atom is 0.153 e. The molecule has 0 amide bonds. The zero-order chi connectivity index (χ0) is 10.8. The Morgan fingerprint density at radius 1 is 1.33 bits per heavy atom. The Morgan fingerprint density at radius 2 is 2.13 bits per heavy atom. The van der Waals surface area contributed by atoms with Gasteiger partial charge >= 0.3 is 0 Å². The maximum atomic E-state index is 13.0. The number of hydrogen-bond donors (Lipinski definition) is 0. The SMILES string of the molecule is O=Cc1cc(-c2occc2Br)ccc1F. The van der Waals surface area contributed by atoms with Crippen molar-refractivity contribution in [3.8, 4) is 11.3 Å². The third kappa shape index (κ3) is 1.85. The Morgan fingerprint density at radius 3 is 2.73 bits per heavy atom. The molecule has 0 aliphatic carbocycles. The van der Waals surface area contributed by atoms with E-state index in [2.05, 4.69) is 15.9 Å². The van der Waals surface area contributed by atoms with Gasteiger partial charge in [-0.2, -0.15) is 0 Å². The number of benzene rings is 1. The molecule has 0 aliphatic rings. The van der Waals surface area contributed by atoms with Crippen molar-refractivity contribution in [2.75, 3.05) is 0 Å². The van der Waals surface area contributed by atoms with Gasteiger partial charge in [0.15, 0.2) is 6.29 Å². The minimum Gasteiger partial charge on any atom is -0.463 e. The Kier molecular flexibility index (Phi) is 2.68. The molecule has 0 spiro atoms. The van der Waals surface area contributed by atoms with Crippen molar-refractivity contribution in [1.82, 2.24) is 0 Å². The van der Waals surface area contributed by atoms with Gasteiger partial charge in [0.25, 0.3) is 0 Å². The van der Waals surface area contributed by atoms with E-state index in [1.54, 1.807) is 12.1 Å². The van der Waals surface area contributed by atoms with Gasteiger partial charge in [-0.1, -0.05) is 0 Å². The van der Waals surface area contributed by atoms with Crippen LogP contribution in [-0.2, 0) is 0 Å². The van der Waals surface area contributed by atoms with Crippen LogP contribution in [0, 0.1) is 5.82 Å². The molecule has 0 atom stereocenters. The molecule has 0 radical (unpaired) electrons. The van der Waals surface area contributed by atoms with Crippen LogP contribution in [0.25, 0.3) is 11.3 Å². The first-order chi connectivity index (χ1) is 7.22. The van der Waals surface area contributed by atoms with E-state index in [1.165, 1.54) is 18.4 Å². The van der Waals surface area contributed by atoms with Gasteiger partial charge < -0.3 is 4.42 Å². The summed E-state index contributed by atoms with van der Waals surface area (Å²) in [6.45, 7) is 0. The summed E-state index contributed by atoms with van der Waals surface area (Å²) in [6, 6.07) is 5.99. The van der Waals surface area contributed by atoms with E-state index in [9.17, 15) is 9.18 Å². The van der Waals surface area contributed by atoms with Gasteiger partial charge in [-0.25, -0.2) is 4.39 Å². The lowest BCUT2D eigenvalue weighted by molar-refractivity contribution is 0.112. The Balaban J connectivity index is 2.55. The van der Waals surface area contributed by atoms with Gasteiger partial charge in [0.1, 0.15) is 11.6 Å². The predicted molar refractivity (Wildman–Crippen MR) is 57.2 cm³/mol. The molecule has 0 saturated heterocycles. The van der Waals surface area contributed by atoms with Crippen LogP contribution >= 0.6 is 15.9 Å². The molecule has 15 heavy (non-hydrogen) atoms. The second kappa shape index (κ2) is 3.98. The molecular weight excluding hydrogens is 263 g/mol. The fraction of sp³-hybridized carbons (Fsp3) is 0. The number of carbonyl (C=O) groups excluding carboxylic acids is 1. The molecule has 0 N–H and O–H groups in total. The average Bonchev–Trinajstić information content (AvgIpc) is 2.65. The van der Waals surface area contributed by atoms with Crippen molar-refractivity contribution in [1.29, 1.82) is 0 Å². The summed E-state index contributed by atoms with van der Waals surface area (Å²) in [5, 5.41) is 0. The van der Waals surface area contributed by atoms with E-state index in [0.717, 1.165) is 4.47 Å². The molecule has 0 fully saturated rings. The van der Waals surface area contributed by atoms with Crippen molar-refractivity contribution in [3.63, 3.8) is 0 Å². The lowest BCUT2D eigenvalue weighted by Crippen LogP contribution is -1.88. The van der Waals surface area contributed by atoms with Crippen LogP contribution in [-0.4, -0.2) is 6.29 Å². The monoisotopic (exact) mass is 268 g/mol. The van der Waals surface area contributed by atoms with Crippen molar-refractivity contribution < 1.29 is 13.6 Å². The molecule has 1 aromatic carbocycles. The highest BCUT2D eigenvalue weighted by atomic mass is 79.9. The molecular formula is C11H6BrFO2. The highest BCUT2D eigenvalue weighted by molar-refractivity contribution is 9.10. The molecule has 2 nitrogen and oxygen atoms in total. The molecule has 0 bridgehead atoms. The summed E-state index contributed by atoms with van der Waals surface area (Å²) in [6.07, 6.45) is 2.00. The molecule has 76 valence electrons. The van der Waals surface area contributed by atoms with Crippen molar-refractivity contribution in [3.05, 3.63) is 46.4 Å². The Bertz CT molecular complexity index is 505. The zero-order valence-electron chi connectivity index (χ0n) is 7.54. The third-order valence-corrected chi connectivity index (χ3v) is 2.63. The first-order valence-electron chi connectivity index (χ1n) is 4.20. The second-order valence-electron chi connectivity index (χ2n) is 2.95. The number of aldehydes is 1. The first-order valence-corrected chi connectivity index (χ1v) is 5.00. The van der Waals surface area contributed by atoms with Crippen LogP contribution in [0.2, 0.25) is 0 Å². The molecule has 0 unspecified atom stereocenters. The number of hydrogen-bond acceptors (Lipinski definition) is 2. The lowest BCUT2D eigenvalue weighted by atomic mass is 10.1. The van der Waals surface area contributed by atoms with Gasteiger partial charge in [-0.15, -0.1) is 0 Å². The number of furan rings is 1. The first kappa shape index (κ1) is 10.1. The molecule has 1 aromatic heterocycles. The van der Waals surface area contributed by atoms with E-state index in [1.807, 2.05) is 0 Å². The highest BCUT2D eigenvalue weighted by Crippen LogP contribution is 2.29.